The zero-order valence-corrected chi connectivity index (χ0v) is 13.2. The number of anilines is 1. The second-order valence-corrected chi connectivity index (χ2v) is 5.40. The second kappa shape index (κ2) is 7.09. The molecule has 0 aliphatic carbocycles. The average molecular weight is 319 g/mol. The van der Waals surface area contributed by atoms with Gasteiger partial charge in [0, 0.05) is 5.56 Å². The van der Waals surface area contributed by atoms with E-state index in [0.29, 0.717) is 10.4 Å². The standard InChI is InChI=1S/C16H17NO4S/c1-3-20-15(18)12-11(10-8-6-5-7-9-10)13(22-14(12)17)16(19)21-4-2/h5-9H,3-4,17H2,1-2H3. The molecule has 22 heavy (non-hydrogen) atoms. The van der Waals surface area contributed by atoms with Crippen molar-refractivity contribution in [3.8, 4) is 11.1 Å². The lowest BCUT2D eigenvalue weighted by atomic mass is 10.0. The van der Waals surface area contributed by atoms with E-state index >= 15 is 0 Å². The van der Waals surface area contributed by atoms with E-state index in [9.17, 15) is 9.59 Å². The molecular formula is C16H17NO4S. The maximum Gasteiger partial charge on any atom is 0.349 e. The number of nitrogens with two attached hydrogens (primary N) is 1. The lowest BCUT2D eigenvalue weighted by Gasteiger charge is -2.07. The van der Waals surface area contributed by atoms with E-state index in [-0.39, 0.29) is 23.8 Å². The van der Waals surface area contributed by atoms with Gasteiger partial charge in [-0.25, -0.2) is 9.59 Å². The van der Waals surface area contributed by atoms with Gasteiger partial charge in [-0.1, -0.05) is 30.3 Å². The highest BCUT2D eigenvalue weighted by molar-refractivity contribution is 7.18. The fraction of sp³-hybridized carbons (Fsp3) is 0.250. The minimum absolute atomic E-state index is 0.223. The molecule has 6 heteroatoms. The summed E-state index contributed by atoms with van der Waals surface area (Å²) in [5, 5.41) is 0.250. The topological polar surface area (TPSA) is 78.6 Å². The third kappa shape index (κ3) is 3.12. The third-order valence-electron chi connectivity index (χ3n) is 2.94. The first-order valence-corrected chi connectivity index (χ1v) is 7.73. The van der Waals surface area contributed by atoms with Crippen molar-refractivity contribution in [3.63, 3.8) is 0 Å². The first-order chi connectivity index (χ1) is 10.6. The monoisotopic (exact) mass is 319 g/mol. The number of hydrogen-bond acceptors (Lipinski definition) is 6. The van der Waals surface area contributed by atoms with Crippen molar-refractivity contribution < 1.29 is 19.1 Å². The van der Waals surface area contributed by atoms with Crippen LogP contribution in [0.15, 0.2) is 30.3 Å². The van der Waals surface area contributed by atoms with Crippen LogP contribution in [0.1, 0.15) is 33.9 Å². The highest BCUT2D eigenvalue weighted by Crippen LogP contribution is 2.39. The normalized spacial score (nSPS) is 10.3. The molecule has 0 radical (unpaired) electrons. The SMILES string of the molecule is CCOC(=O)c1sc(N)c(C(=O)OCC)c1-c1ccccc1. The maximum absolute atomic E-state index is 12.2. The Kier molecular flexibility index (Phi) is 5.16. The quantitative estimate of drug-likeness (QED) is 0.855. The maximum atomic E-state index is 12.2. The molecule has 1 heterocycles. The predicted octanol–water partition coefficient (Wildman–Crippen LogP) is 3.35. The van der Waals surface area contributed by atoms with Crippen molar-refractivity contribution in [2.45, 2.75) is 13.8 Å². The van der Waals surface area contributed by atoms with Crippen LogP contribution in [-0.2, 0) is 9.47 Å². The van der Waals surface area contributed by atoms with Crippen molar-refractivity contribution in [2.24, 2.45) is 0 Å². The number of carbonyl (C=O) groups is 2. The summed E-state index contributed by atoms with van der Waals surface area (Å²) in [4.78, 5) is 24.7. The zero-order chi connectivity index (χ0) is 16.1. The van der Waals surface area contributed by atoms with Gasteiger partial charge in [0.05, 0.1) is 13.2 Å². The van der Waals surface area contributed by atoms with Gasteiger partial charge in [-0.2, -0.15) is 0 Å². The summed E-state index contributed by atoms with van der Waals surface area (Å²) >= 11 is 1.04. The summed E-state index contributed by atoms with van der Waals surface area (Å²) in [5.74, 6) is -1.03. The van der Waals surface area contributed by atoms with Gasteiger partial charge in [-0.15, -0.1) is 11.3 Å². The predicted molar refractivity (Wildman–Crippen MR) is 86.1 cm³/mol. The summed E-state index contributed by atoms with van der Waals surface area (Å²) in [6.07, 6.45) is 0. The zero-order valence-electron chi connectivity index (χ0n) is 12.4. The van der Waals surface area contributed by atoms with Gasteiger partial charge in [0.25, 0.3) is 0 Å². The van der Waals surface area contributed by atoms with Gasteiger partial charge in [-0.05, 0) is 19.4 Å². The highest BCUT2D eigenvalue weighted by atomic mass is 32.1. The van der Waals surface area contributed by atoms with Crippen molar-refractivity contribution in [1.29, 1.82) is 0 Å². The van der Waals surface area contributed by atoms with Crippen LogP contribution in [0.25, 0.3) is 11.1 Å². The Balaban J connectivity index is 2.63. The molecule has 0 amide bonds. The molecule has 2 N–H and O–H groups in total. The number of carbonyl (C=O) groups excluding carboxylic acids is 2. The number of esters is 2. The van der Waals surface area contributed by atoms with Gasteiger partial charge in [0.1, 0.15) is 15.4 Å². The van der Waals surface area contributed by atoms with Gasteiger partial charge >= 0.3 is 11.9 Å². The number of nitrogen functional groups attached to an aromatic ring is 1. The van der Waals surface area contributed by atoms with E-state index in [1.165, 1.54) is 0 Å². The number of rotatable bonds is 5. The van der Waals surface area contributed by atoms with Crippen molar-refractivity contribution in [2.75, 3.05) is 18.9 Å². The molecular weight excluding hydrogens is 302 g/mol. The van der Waals surface area contributed by atoms with Crippen molar-refractivity contribution >= 4 is 28.3 Å². The number of ether oxygens (including phenoxy) is 2. The summed E-state index contributed by atoms with van der Waals surface area (Å²) < 4.78 is 10.1. The highest BCUT2D eigenvalue weighted by Gasteiger charge is 2.28. The molecule has 0 unspecified atom stereocenters. The summed E-state index contributed by atoms with van der Waals surface area (Å²) in [5.41, 5.74) is 7.37. The fourth-order valence-electron chi connectivity index (χ4n) is 2.08. The molecule has 2 aromatic rings. The number of benzene rings is 1. The van der Waals surface area contributed by atoms with Crippen LogP contribution in [-0.4, -0.2) is 25.2 Å². The van der Waals surface area contributed by atoms with Crippen LogP contribution >= 0.6 is 11.3 Å². The van der Waals surface area contributed by atoms with Gasteiger partial charge in [0.15, 0.2) is 0 Å². The second-order valence-electron chi connectivity index (χ2n) is 4.35. The van der Waals surface area contributed by atoms with Crippen molar-refractivity contribution in [1.82, 2.24) is 0 Å². The summed E-state index contributed by atoms with van der Waals surface area (Å²) in [7, 11) is 0. The van der Waals surface area contributed by atoms with Crippen LogP contribution < -0.4 is 5.73 Å². The summed E-state index contributed by atoms with van der Waals surface area (Å²) in [6.45, 7) is 3.93. The van der Waals surface area contributed by atoms with E-state index in [1.807, 2.05) is 30.3 Å². The molecule has 0 bridgehead atoms. The molecule has 0 fully saturated rings. The molecule has 0 aliphatic rings. The van der Waals surface area contributed by atoms with E-state index < -0.39 is 11.9 Å². The molecule has 0 atom stereocenters. The Morgan fingerprint density at radius 2 is 1.64 bits per heavy atom. The smallest absolute Gasteiger partial charge is 0.349 e. The third-order valence-corrected chi connectivity index (χ3v) is 3.94. The van der Waals surface area contributed by atoms with Crippen LogP contribution in [0.3, 0.4) is 0 Å². The number of hydrogen-bond donors (Lipinski definition) is 1. The van der Waals surface area contributed by atoms with E-state index in [1.54, 1.807) is 13.8 Å². The molecule has 1 aromatic carbocycles. The first-order valence-electron chi connectivity index (χ1n) is 6.92. The molecule has 116 valence electrons. The number of thiophene rings is 1. The molecule has 0 spiro atoms. The minimum atomic E-state index is -0.536. The molecule has 2 rings (SSSR count). The fourth-order valence-corrected chi connectivity index (χ4v) is 3.05. The Bertz CT molecular complexity index is 679. The first kappa shape index (κ1) is 16.0. The molecule has 0 saturated carbocycles. The Morgan fingerprint density at radius 1 is 1.05 bits per heavy atom. The Morgan fingerprint density at radius 3 is 2.23 bits per heavy atom. The Hall–Kier alpha value is -2.34. The van der Waals surface area contributed by atoms with Gasteiger partial charge in [0.2, 0.25) is 0 Å². The van der Waals surface area contributed by atoms with Gasteiger partial charge < -0.3 is 15.2 Å². The molecule has 0 saturated heterocycles. The van der Waals surface area contributed by atoms with Crippen LogP contribution in [0.5, 0.6) is 0 Å². The van der Waals surface area contributed by atoms with Crippen LogP contribution in [0, 0.1) is 0 Å². The van der Waals surface area contributed by atoms with Crippen molar-refractivity contribution in [3.05, 3.63) is 40.8 Å². The van der Waals surface area contributed by atoms with E-state index in [0.717, 1.165) is 16.9 Å². The molecule has 5 nitrogen and oxygen atoms in total. The van der Waals surface area contributed by atoms with E-state index in [2.05, 4.69) is 0 Å². The van der Waals surface area contributed by atoms with Crippen LogP contribution in [0.2, 0.25) is 0 Å². The Labute approximate surface area is 132 Å². The average Bonchev–Trinajstić information content (AvgIpc) is 2.86. The molecule has 0 aliphatic heterocycles. The van der Waals surface area contributed by atoms with E-state index in [4.69, 9.17) is 15.2 Å². The summed E-state index contributed by atoms with van der Waals surface area (Å²) in [6, 6.07) is 9.13. The lowest BCUT2D eigenvalue weighted by Crippen LogP contribution is -2.09. The minimum Gasteiger partial charge on any atom is -0.462 e. The lowest BCUT2D eigenvalue weighted by molar-refractivity contribution is 0.0528. The molecule has 1 aromatic heterocycles. The van der Waals surface area contributed by atoms with Crippen LogP contribution in [0.4, 0.5) is 5.00 Å². The largest absolute Gasteiger partial charge is 0.462 e. The van der Waals surface area contributed by atoms with Gasteiger partial charge in [-0.3, -0.25) is 0 Å².